The summed E-state index contributed by atoms with van der Waals surface area (Å²) < 4.78 is 24.8. The van der Waals surface area contributed by atoms with E-state index in [0.717, 1.165) is 23.1 Å². The number of hydrogen-bond acceptors (Lipinski definition) is 11. The van der Waals surface area contributed by atoms with E-state index in [1.165, 1.54) is 17.7 Å². The average Bonchev–Trinajstić information content (AvgIpc) is 3.44. The second-order valence-electron chi connectivity index (χ2n) is 8.99. The lowest BCUT2D eigenvalue weighted by Crippen LogP contribution is -2.40. The van der Waals surface area contributed by atoms with Crippen LogP contribution in [0.3, 0.4) is 0 Å². The minimum absolute atomic E-state index is 0.159. The Morgan fingerprint density at radius 3 is 2.69 bits per heavy atom. The smallest absolute Gasteiger partial charge is 0.338 e. The zero-order valence-corrected chi connectivity index (χ0v) is 26.4. The molecule has 218 valence electrons. The van der Waals surface area contributed by atoms with E-state index in [9.17, 15) is 14.4 Å². The first-order valence-electron chi connectivity index (χ1n) is 12.6. The van der Waals surface area contributed by atoms with Crippen molar-refractivity contribution in [2.45, 2.75) is 37.1 Å². The number of carbonyl (C=O) groups is 1. The minimum atomic E-state index is -0.859. The van der Waals surface area contributed by atoms with Gasteiger partial charge in [0.1, 0.15) is 23.3 Å². The molecule has 1 aromatic carbocycles. The molecule has 0 bridgehead atoms. The van der Waals surface area contributed by atoms with Crippen LogP contribution in [0.2, 0.25) is 0 Å². The first-order chi connectivity index (χ1) is 20.1. The number of benzene rings is 1. The third-order valence-corrected chi connectivity index (χ3v) is 8.95. The lowest BCUT2D eigenvalue weighted by Gasteiger charge is -2.26. The lowest BCUT2D eigenvalue weighted by molar-refractivity contribution is -0.139. The molecule has 0 saturated heterocycles. The maximum atomic E-state index is 13.9. The van der Waals surface area contributed by atoms with E-state index < -0.39 is 12.0 Å². The van der Waals surface area contributed by atoms with Crippen LogP contribution in [0, 0.1) is 6.92 Å². The molecule has 4 aromatic rings. The molecule has 11 nitrogen and oxygen atoms in total. The molecule has 5 rings (SSSR count). The van der Waals surface area contributed by atoms with E-state index in [1.54, 1.807) is 58.2 Å². The molecule has 1 aliphatic rings. The van der Waals surface area contributed by atoms with Crippen LogP contribution in [0.25, 0.3) is 6.08 Å². The fourth-order valence-corrected chi connectivity index (χ4v) is 6.84. The third-order valence-electron chi connectivity index (χ3n) is 6.24. The van der Waals surface area contributed by atoms with Crippen molar-refractivity contribution in [2.24, 2.45) is 4.99 Å². The highest BCUT2D eigenvalue weighted by molar-refractivity contribution is 9.10. The monoisotopic (exact) mass is 672 g/mol. The van der Waals surface area contributed by atoms with Crippen LogP contribution in [0.1, 0.15) is 36.9 Å². The van der Waals surface area contributed by atoms with Crippen molar-refractivity contribution >= 4 is 51.1 Å². The number of thiazole rings is 1. The molecule has 0 aliphatic carbocycles. The van der Waals surface area contributed by atoms with Gasteiger partial charge in [-0.1, -0.05) is 11.3 Å². The largest absolute Gasteiger partial charge is 0.497 e. The molecular formula is C28H25BrN4O7S2. The van der Waals surface area contributed by atoms with Gasteiger partial charge >= 0.3 is 5.97 Å². The second-order valence-corrected chi connectivity index (χ2v) is 11.8. The molecule has 14 heteroatoms. The van der Waals surface area contributed by atoms with Gasteiger partial charge in [-0.25, -0.2) is 14.8 Å². The van der Waals surface area contributed by atoms with Gasteiger partial charge < -0.3 is 23.6 Å². The van der Waals surface area contributed by atoms with Gasteiger partial charge in [-0.15, -0.1) is 0 Å². The van der Waals surface area contributed by atoms with Crippen molar-refractivity contribution in [2.75, 3.05) is 20.8 Å². The number of aromatic nitrogens is 3. The summed E-state index contributed by atoms with van der Waals surface area (Å²) in [5, 5.41) is 0.820. The van der Waals surface area contributed by atoms with Crippen LogP contribution < -0.4 is 29.9 Å². The maximum absolute atomic E-state index is 13.9. The Bertz CT molecular complexity index is 1970. The zero-order valence-electron chi connectivity index (χ0n) is 23.1. The molecule has 1 N–H and O–H groups in total. The van der Waals surface area contributed by atoms with Crippen LogP contribution in [0.4, 0.5) is 0 Å². The number of furan rings is 1. The number of allylic oxidation sites excluding steroid dienone is 1. The minimum Gasteiger partial charge on any atom is -0.497 e. The number of nitrogens with zero attached hydrogens (tertiary/aromatic N) is 3. The predicted octanol–water partition coefficient (Wildman–Crippen LogP) is 3.71. The first-order valence-corrected chi connectivity index (χ1v) is 15.0. The summed E-state index contributed by atoms with van der Waals surface area (Å²) in [4.78, 5) is 51.0. The predicted molar refractivity (Wildman–Crippen MR) is 160 cm³/mol. The standard InChI is InChI=1S/C28H25BrN4O7S2/c1-6-39-25(36)22-14(3)31-28-33(23(22)17-8-7-15(37-4)11-19(17)38-5)24(35)20(41-28)12-16-10-18(29)26(40-16)42-27-30-13(2)9-21(34)32-27/h7-12,23H,6H2,1-5H3,(H,30,32,34)/b20-12+/t23-/m1/s1. The summed E-state index contributed by atoms with van der Waals surface area (Å²) in [6, 6.07) is 7.45. The molecule has 0 spiro atoms. The van der Waals surface area contributed by atoms with Crippen molar-refractivity contribution in [1.82, 2.24) is 14.5 Å². The molecule has 0 saturated carbocycles. The molecule has 0 unspecified atom stereocenters. The van der Waals surface area contributed by atoms with Gasteiger partial charge in [0, 0.05) is 29.5 Å². The molecule has 0 fully saturated rings. The highest BCUT2D eigenvalue weighted by Crippen LogP contribution is 2.38. The number of carbonyl (C=O) groups excluding carboxylic acids is 1. The number of esters is 1. The third kappa shape index (κ3) is 5.74. The number of hydrogen-bond donors (Lipinski definition) is 1. The molecule has 42 heavy (non-hydrogen) atoms. The maximum Gasteiger partial charge on any atom is 0.338 e. The van der Waals surface area contributed by atoms with E-state index in [1.807, 2.05) is 0 Å². The SMILES string of the molecule is CCOC(=O)C1=C(C)N=c2s/c(=C/c3cc(Br)c(Sc4nc(C)cc(=O)[nH]4)o3)c(=O)n2[C@@H]1c1ccc(OC)cc1OC. The van der Waals surface area contributed by atoms with E-state index >= 15 is 0 Å². The Balaban J connectivity index is 1.64. The molecular weight excluding hydrogens is 648 g/mol. The Labute approximate surface area is 255 Å². The number of methoxy groups -OCH3 is 2. The Morgan fingerprint density at radius 1 is 1.21 bits per heavy atom. The molecule has 1 atom stereocenters. The summed E-state index contributed by atoms with van der Waals surface area (Å²) in [7, 11) is 3.05. The average molecular weight is 674 g/mol. The Morgan fingerprint density at radius 2 is 2.00 bits per heavy atom. The molecule has 0 radical (unpaired) electrons. The van der Waals surface area contributed by atoms with Gasteiger partial charge in [-0.05, 0) is 66.7 Å². The van der Waals surface area contributed by atoms with Crippen molar-refractivity contribution < 1.29 is 23.4 Å². The van der Waals surface area contributed by atoms with Crippen molar-refractivity contribution in [3.63, 3.8) is 0 Å². The Hall–Kier alpha value is -3.88. The molecule has 3 aromatic heterocycles. The summed E-state index contributed by atoms with van der Waals surface area (Å²) in [6.07, 6.45) is 1.61. The lowest BCUT2D eigenvalue weighted by atomic mass is 9.95. The van der Waals surface area contributed by atoms with E-state index in [4.69, 9.17) is 18.6 Å². The topological polar surface area (TPSA) is 138 Å². The van der Waals surface area contributed by atoms with Gasteiger partial charge in [0.05, 0.1) is 41.1 Å². The number of H-pyrrole nitrogens is 1. The van der Waals surface area contributed by atoms with Crippen molar-refractivity contribution in [1.29, 1.82) is 0 Å². The van der Waals surface area contributed by atoms with E-state index in [2.05, 4.69) is 30.9 Å². The van der Waals surface area contributed by atoms with Crippen LogP contribution in [-0.2, 0) is 9.53 Å². The number of nitrogens with one attached hydrogen (secondary N) is 1. The zero-order chi connectivity index (χ0) is 30.1. The molecule has 0 amide bonds. The number of aromatic amines is 1. The second kappa shape index (κ2) is 12.2. The van der Waals surface area contributed by atoms with Crippen LogP contribution >= 0.6 is 39.0 Å². The van der Waals surface area contributed by atoms with Crippen molar-refractivity contribution in [3.05, 3.63) is 93.1 Å². The summed E-state index contributed by atoms with van der Waals surface area (Å²) in [5.74, 6) is 0.813. The van der Waals surface area contributed by atoms with Gasteiger partial charge in [-0.2, -0.15) is 0 Å². The number of fused-ring (bicyclic) bond motifs is 1. The van der Waals surface area contributed by atoms with Crippen molar-refractivity contribution in [3.8, 4) is 11.5 Å². The fraction of sp³-hybridized carbons (Fsp3) is 0.250. The Kier molecular flexibility index (Phi) is 8.57. The van der Waals surface area contributed by atoms with Crippen LogP contribution in [0.15, 0.2) is 75.3 Å². The van der Waals surface area contributed by atoms with Crippen LogP contribution in [-0.4, -0.2) is 41.3 Å². The quantitative estimate of drug-likeness (QED) is 0.219. The number of halogens is 1. The summed E-state index contributed by atoms with van der Waals surface area (Å²) in [5.41, 5.74) is 1.17. The summed E-state index contributed by atoms with van der Waals surface area (Å²) >= 11 is 5.78. The van der Waals surface area contributed by atoms with Crippen LogP contribution in [0.5, 0.6) is 11.5 Å². The highest BCUT2D eigenvalue weighted by atomic mass is 79.9. The van der Waals surface area contributed by atoms with Gasteiger partial charge in [-0.3, -0.25) is 14.2 Å². The number of ether oxygens (including phenoxy) is 3. The number of rotatable bonds is 8. The van der Waals surface area contributed by atoms with E-state index in [-0.39, 0.29) is 23.3 Å². The van der Waals surface area contributed by atoms with Gasteiger partial charge in [0.2, 0.25) is 0 Å². The van der Waals surface area contributed by atoms with E-state index in [0.29, 0.717) is 58.3 Å². The normalized spacial score (nSPS) is 14.9. The van der Waals surface area contributed by atoms with Gasteiger partial charge in [0.15, 0.2) is 15.1 Å². The highest BCUT2D eigenvalue weighted by Gasteiger charge is 2.35. The van der Waals surface area contributed by atoms with Gasteiger partial charge in [0.25, 0.3) is 11.1 Å². The summed E-state index contributed by atoms with van der Waals surface area (Å²) in [6.45, 7) is 5.31. The first kappa shape index (κ1) is 29.6. The molecule has 4 heterocycles. The fourth-order valence-electron chi connectivity index (χ4n) is 4.46. The number of aryl methyl sites for hydroxylation is 1. The molecule has 1 aliphatic heterocycles.